The van der Waals surface area contributed by atoms with E-state index in [0.717, 1.165) is 11.1 Å². The Labute approximate surface area is 124 Å². The third kappa shape index (κ3) is 2.67. The van der Waals surface area contributed by atoms with Crippen LogP contribution in [0.25, 0.3) is 11.1 Å². The summed E-state index contributed by atoms with van der Waals surface area (Å²) in [4.78, 5) is 0. The molecule has 1 N–H and O–H groups in total. The SMILES string of the molecule is CC(C)(O)/C=C/P1(=O)Oc2ccccc2-c2ccccc21. The van der Waals surface area contributed by atoms with Gasteiger partial charge in [-0.1, -0.05) is 36.4 Å². The highest BCUT2D eigenvalue weighted by Crippen LogP contribution is 2.55. The molecule has 0 spiro atoms. The largest absolute Gasteiger partial charge is 0.437 e. The van der Waals surface area contributed by atoms with E-state index in [9.17, 15) is 9.67 Å². The minimum Gasteiger partial charge on any atom is -0.437 e. The first-order valence-corrected chi connectivity index (χ1v) is 8.50. The van der Waals surface area contributed by atoms with Crippen LogP contribution in [0.1, 0.15) is 13.8 Å². The highest BCUT2D eigenvalue weighted by atomic mass is 31.2. The maximum absolute atomic E-state index is 13.2. The van der Waals surface area contributed by atoms with Gasteiger partial charge in [0.2, 0.25) is 0 Å². The second-order valence-electron chi connectivity index (χ2n) is 5.67. The van der Waals surface area contributed by atoms with Gasteiger partial charge in [-0.05, 0) is 37.6 Å². The smallest absolute Gasteiger partial charge is 0.300 e. The number of rotatable bonds is 2. The molecular formula is C17H17O3P. The van der Waals surface area contributed by atoms with Crippen LogP contribution in [-0.2, 0) is 4.57 Å². The minimum absolute atomic E-state index is 0.611. The van der Waals surface area contributed by atoms with Crippen LogP contribution in [0.3, 0.4) is 0 Å². The summed E-state index contributed by atoms with van der Waals surface area (Å²) < 4.78 is 19.0. The van der Waals surface area contributed by atoms with Crippen LogP contribution in [0.4, 0.5) is 0 Å². The lowest BCUT2D eigenvalue weighted by molar-refractivity contribution is 0.133. The second-order valence-corrected chi connectivity index (χ2v) is 7.83. The summed E-state index contributed by atoms with van der Waals surface area (Å²) in [5.41, 5.74) is 0.825. The van der Waals surface area contributed by atoms with E-state index in [1.807, 2.05) is 48.5 Å². The van der Waals surface area contributed by atoms with E-state index in [2.05, 4.69) is 0 Å². The van der Waals surface area contributed by atoms with Crippen molar-refractivity contribution in [2.45, 2.75) is 19.4 Å². The standard InChI is InChI=1S/C17H17O3P/c1-17(2,18)11-12-21(19)16-10-6-4-8-14(16)13-7-3-5-9-15(13)20-21/h3-12,18H,1-2H3/b12-11+. The van der Waals surface area contributed by atoms with Gasteiger partial charge in [0, 0.05) is 11.4 Å². The molecule has 0 saturated heterocycles. The first-order chi connectivity index (χ1) is 9.89. The fourth-order valence-electron chi connectivity index (χ4n) is 2.33. The summed E-state index contributed by atoms with van der Waals surface area (Å²) in [7, 11) is -3.17. The Hall–Kier alpha value is -1.83. The Morgan fingerprint density at radius 3 is 2.38 bits per heavy atom. The maximum Gasteiger partial charge on any atom is 0.300 e. The number of para-hydroxylation sites is 1. The molecule has 1 heterocycles. The second kappa shape index (κ2) is 4.87. The average molecular weight is 300 g/mol. The van der Waals surface area contributed by atoms with Gasteiger partial charge >= 0.3 is 0 Å². The first-order valence-electron chi connectivity index (χ1n) is 6.80. The zero-order valence-electron chi connectivity index (χ0n) is 12.0. The highest BCUT2D eigenvalue weighted by molar-refractivity contribution is 7.70. The van der Waals surface area contributed by atoms with E-state index in [1.165, 1.54) is 11.9 Å². The zero-order chi connectivity index (χ0) is 15.1. The third-order valence-electron chi connectivity index (χ3n) is 3.33. The third-order valence-corrected chi connectivity index (χ3v) is 5.40. The van der Waals surface area contributed by atoms with E-state index in [-0.39, 0.29) is 0 Å². The van der Waals surface area contributed by atoms with Gasteiger partial charge in [0.1, 0.15) is 5.75 Å². The van der Waals surface area contributed by atoms with Gasteiger partial charge in [0.25, 0.3) is 7.37 Å². The molecule has 0 aromatic heterocycles. The molecule has 0 amide bonds. The van der Waals surface area contributed by atoms with Crippen LogP contribution in [0, 0.1) is 0 Å². The van der Waals surface area contributed by atoms with Crippen molar-refractivity contribution in [1.29, 1.82) is 0 Å². The molecule has 4 heteroatoms. The highest BCUT2D eigenvalue weighted by Gasteiger charge is 2.33. The summed E-state index contributed by atoms with van der Waals surface area (Å²) in [6.45, 7) is 3.28. The molecule has 1 aliphatic rings. The van der Waals surface area contributed by atoms with Crippen LogP contribution < -0.4 is 9.83 Å². The number of aliphatic hydroxyl groups is 1. The quantitative estimate of drug-likeness (QED) is 0.855. The van der Waals surface area contributed by atoms with Gasteiger partial charge < -0.3 is 9.63 Å². The summed E-state index contributed by atoms with van der Waals surface area (Å²) in [5.74, 6) is 2.11. The van der Waals surface area contributed by atoms with Crippen molar-refractivity contribution in [1.82, 2.24) is 0 Å². The van der Waals surface area contributed by atoms with Gasteiger partial charge in [-0.3, -0.25) is 4.57 Å². The van der Waals surface area contributed by atoms with E-state index in [4.69, 9.17) is 4.52 Å². The first kappa shape index (κ1) is 14.1. The summed E-state index contributed by atoms with van der Waals surface area (Å²) in [6, 6.07) is 15.1. The van der Waals surface area contributed by atoms with Crippen LogP contribution >= 0.6 is 7.37 Å². The molecule has 0 radical (unpaired) electrons. The number of benzene rings is 2. The predicted molar refractivity (Wildman–Crippen MR) is 85.2 cm³/mol. The molecular weight excluding hydrogens is 283 g/mol. The van der Waals surface area contributed by atoms with Crippen molar-refractivity contribution >= 4 is 12.7 Å². The number of fused-ring (bicyclic) bond motifs is 3. The Morgan fingerprint density at radius 2 is 1.67 bits per heavy atom. The molecule has 1 aliphatic heterocycles. The van der Waals surface area contributed by atoms with Crippen LogP contribution in [-0.4, -0.2) is 10.7 Å². The molecule has 21 heavy (non-hydrogen) atoms. The summed E-state index contributed by atoms with van der Waals surface area (Å²) >= 11 is 0. The molecule has 0 saturated carbocycles. The molecule has 108 valence electrons. The number of hydrogen-bond acceptors (Lipinski definition) is 3. The van der Waals surface area contributed by atoms with Gasteiger partial charge in [-0.15, -0.1) is 0 Å². The zero-order valence-corrected chi connectivity index (χ0v) is 12.9. The molecule has 1 unspecified atom stereocenters. The van der Waals surface area contributed by atoms with Gasteiger partial charge in [-0.25, -0.2) is 0 Å². The Bertz CT molecular complexity index is 757. The van der Waals surface area contributed by atoms with Crippen molar-refractivity contribution in [3.05, 3.63) is 60.4 Å². The Balaban J connectivity index is 2.19. The topological polar surface area (TPSA) is 46.5 Å². The van der Waals surface area contributed by atoms with E-state index < -0.39 is 13.0 Å². The average Bonchev–Trinajstić information content (AvgIpc) is 2.45. The van der Waals surface area contributed by atoms with Crippen molar-refractivity contribution in [3.8, 4) is 16.9 Å². The van der Waals surface area contributed by atoms with E-state index in [1.54, 1.807) is 13.8 Å². The monoisotopic (exact) mass is 300 g/mol. The number of hydrogen-bond donors (Lipinski definition) is 1. The van der Waals surface area contributed by atoms with Crippen LogP contribution in [0.5, 0.6) is 5.75 Å². The summed E-state index contributed by atoms with van der Waals surface area (Å²) in [6.07, 6.45) is 1.53. The lowest BCUT2D eigenvalue weighted by Crippen LogP contribution is -2.18. The van der Waals surface area contributed by atoms with E-state index >= 15 is 0 Å². The van der Waals surface area contributed by atoms with E-state index in [0.29, 0.717) is 11.1 Å². The van der Waals surface area contributed by atoms with Crippen molar-refractivity contribution < 1.29 is 14.2 Å². The molecule has 3 rings (SSSR count). The minimum atomic E-state index is -3.17. The Kier molecular flexibility index (Phi) is 3.27. The lowest BCUT2D eigenvalue weighted by atomic mass is 10.0. The maximum atomic E-state index is 13.2. The van der Waals surface area contributed by atoms with Gasteiger partial charge in [0.15, 0.2) is 0 Å². The van der Waals surface area contributed by atoms with Crippen molar-refractivity contribution in [2.75, 3.05) is 0 Å². The van der Waals surface area contributed by atoms with Crippen LogP contribution in [0.2, 0.25) is 0 Å². The fourth-order valence-corrected chi connectivity index (χ4v) is 4.49. The summed E-state index contributed by atoms with van der Waals surface area (Å²) in [5, 5.41) is 10.5. The molecule has 2 aromatic carbocycles. The van der Waals surface area contributed by atoms with Gasteiger partial charge in [0.05, 0.1) is 10.9 Å². The lowest BCUT2D eigenvalue weighted by Gasteiger charge is -2.27. The normalized spacial score (nSPS) is 20.7. The molecule has 1 atom stereocenters. The Morgan fingerprint density at radius 1 is 1.05 bits per heavy atom. The molecule has 0 aliphatic carbocycles. The molecule has 0 fully saturated rings. The van der Waals surface area contributed by atoms with Crippen molar-refractivity contribution in [3.63, 3.8) is 0 Å². The molecule has 0 bridgehead atoms. The molecule has 3 nitrogen and oxygen atoms in total. The fraction of sp³-hybridized carbons (Fsp3) is 0.176. The molecule has 2 aromatic rings. The predicted octanol–water partition coefficient (Wildman–Crippen LogP) is 3.93. The van der Waals surface area contributed by atoms with Crippen molar-refractivity contribution in [2.24, 2.45) is 0 Å². The van der Waals surface area contributed by atoms with Crippen LogP contribution in [0.15, 0.2) is 60.4 Å². The van der Waals surface area contributed by atoms with Gasteiger partial charge in [-0.2, -0.15) is 0 Å².